The number of hydrogen-bond donors (Lipinski definition) is 2. The van der Waals surface area contributed by atoms with Gasteiger partial charge in [0.05, 0.1) is 6.61 Å². The molecule has 0 radical (unpaired) electrons. The number of unbranched alkanes of at least 4 members (excludes halogenated alkanes) is 2. The van der Waals surface area contributed by atoms with Crippen molar-refractivity contribution in [3.05, 3.63) is 29.3 Å². The average Bonchev–Trinajstić information content (AvgIpc) is 2.42. The molecular formula is C17H28N2O2. The summed E-state index contributed by atoms with van der Waals surface area (Å²) in [6.45, 7) is 9.38. The summed E-state index contributed by atoms with van der Waals surface area (Å²) in [6.07, 6.45) is 3.23. The van der Waals surface area contributed by atoms with Gasteiger partial charge in [0.1, 0.15) is 5.75 Å². The summed E-state index contributed by atoms with van der Waals surface area (Å²) in [6, 6.07) is 6.38. The van der Waals surface area contributed by atoms with Crippen molar-refractivity contribution >= 4 is 5.91 Å². The van der Waals surface area contributed by atoms with E-state index in [1.165, 1.54) is 11.1 Å². The number of hydrogen-bond acceptors (Lipinski definition) is 3. The zero-order chi connectivity index (χ0) is 15.9. The molecule has 1 aromatic rings. The van der Waals surface area contributed by atoms with E-state index in [4.69, 9.17) is 10.6 Å². The van der Waals surface area contributed by atoms with Crippen LogP contribution in [-0.4, -0.2) is 12.5 Å². The number of ether oxygens (including phenoxy) is 1. The fourth-order valence-electron chi connectivity index (χ4n) is 2.10. The summed E-state index contributed by atoms with van der Waals surface area (Å²) in [4.78, 5) is 11.0. The minimum Gasteiger partial charge on any atom is -0.493 e. The largest absolute Gasteiger partial charge is 0.493 e. The van der Waals surface area contributed by atoms with Crippen molar-refractivity contribution in [2.75, 3.05) is 6.61 Å². The van der Waals surface area contributed by atoms with Crippen molar-refractivity contribution in [2.24, 2.45) is 5.84 Å². The molecule has 0 aliphatic rings. The maximum absolute atomic E-state index is 11.0. The lowest BCUT2D eigenvalue weighted by Gasteiger charge is -2.20. The minimum atomic E-state index is -0.107. The third-order valence-electron chi connectivity index (χ3n) is 3.51. The Kier molecular flexibility index (Phi) is 6.69. The highest BCUT2D eigenvalue weighted by Crippen LogP contribution is 2.27. The number of carbonyl (C=O) groups excluding carboxylic acids is 1. The van der Waals surface area contributed by atoms with Crippen molar-refractivity contribution in [1.29, 1.82) is 0 Å². The smallest absolute Gasteiger partial charge is 0.233 e. The first kappa shape index (κ1) is 17.5. The van der Waals surface area contributed by atoms with E-state index in [-0.39, 0.29) is 11.3 Å². The molecule has 0 spiro atoms. The number of hydrazine groups is 1. The lowest BCUT2D eigenvalue weighted by Crippen LogP contribution is -2.29. The first-order valence-corrected chi connectivity index (χ1v) is 7.58. The van der Waals surface area contributed by atoms with E-state index >= 15 is 0 Å². The van der Waals surface area contributed by atoms with Gasteiger partial charge in [-0.1, -0.05) is 32.9 Å². The summed E-state index contributed by atoms with van der Waals surface area (Å²) in [5.74, 6) is 5.86. The molecule has 21 heavy (non-hydrogen) atoms. The van der Waals surface area contributed by atoms with Gasteiger partial charge in [-0.15, -0.1) is 0 Å². The van der Waals surface area contributed by atoms with E-state index in [2.05, 4.69) is 51.3 Å². The van der Waals surface area contributed by atoms with Crippen LogP contribution in [-0.2, 0) is 10.2 Å². The maximum atomic E-state index is 11.0. The first-order chi connectivity index (χ1) is 9.84. The first-order valence-electron chi connectivity index (χ1n) is 7.58. The third-order valence-corrected chi connectivity index (χ3v) is 3.51. The molecule has 0 bridgehead atoms. The van der Waals surface area contributed by atoms with E-state index in [9.17, 15) is 4.79 Å². The Balaban J connectivity index is 2.34. The van der Waals surface area contributed by atoms with Crippen LogP contribution in [0.15, 0.2) is 18.2 Å². The predicted molar refractivity (Wildman–Crippen MR) is 86.2 cm³/mol. The highest BCUT2D eigenvalue weighted by atomic mass is 16.5. The van der Waals surface area contributed by atoms with E-state index in [0.717, 1.165) is 25.0 Å². The van der Waals surface area contributed by atoms with Gasteiger partial charge in [-0.25, -0.2) is 5.84 Å². The number of nitrogens with one attached hydrogen (secondary N) is 1. The van der Waals surface area contributed by atoms with Crippen molar-refractivity contribution in [2.45, 2.75) is 58.8 Å². The van der Waals surface area contributed by atoms with Gasteiger partial charge in [-0.3, -0.25) is 10.2 Å². The van der Waals surface area contributed by atoms with E-state index in [1.807, 2.05) is 0 Å². The number of amides is 1. The standard InChI is InChI=1S/C17H28N2O2/c1-13-12-14(17(2,3)4)9-10-15(13)21-11-7-5-6-8-16(20)19-18/h9-10,12H,5-8,11,18H2,1-4H3,(H,19,20). The van der Waals surface area contributed by atoms with Crippen molar-refractivity contribution in [3.8, 4) is 5.75 Å². The molecule has 4 heteroatoms. The van der Waals surface area contributed by atoms with E-state index < -0.39 is 0 Å². The number of aryl methyl sites for hydroxylation is 1. The molecule has 0 aliphatic carbocycles. The molecule has 1 aromatic carbocycles. The SMILES string of the molecule is Cc1cc(C(C)(C)C)ccc1OCCCCCC(=O)NN. The van der Waals surface area contributed by atoms with Crippen LogP contribution in [0, 0.1) is 6.92 Å². The number of rotatable bonds is 7. The lowest BCUT2D eigenvalue weighted by molar-refractivity contribution is -0.121. The molecule has 0 fully saturated rings. The summed E-state index contributed by atoms with van der Waals surface area (Å²) >= 11 is 0. The van der Waals surface area contributed by atoms with Crippen LogP contribution < -0.4 is 16.0 Å². The van der Waals surface area contributed by atoms with Gasteiger partial charge < -0.3 is 4.74 Å². The van der Waals surface area contributed by atoms with Gasteiger partial charge in [0.25, 0.3) is 0 Å². The van der Waals surface area contributed by atoms with Crippen molar-refractivity contribution in [3.63, 3.8) is 0 Å². The van der Waals surface area contributed by atoms with Crippen LogP contribution in [0.1, 0.15) is 57.6 Å². The molecule has 0 saturated heterocycles. The number of carbonyl (C=O) groups is 1. The Hall–Kier alpha value is -1.55. The predicted octanol–water partition coefficient (Wildman–Crippen LogP) is 3.22. The average molecular weight is 292 g/mol. The fraction of sp³-hybridized carbons (Fsp3) is 0.588. The van der Waals surface area contributed by atoms with Crippen LogP contribution in [0.25, 0.3) is 0 Å². The van der Waals surface area contributed by atoms with Crippen molar-refractivity contribution in [1.82, 2.24) is 5.43 Å². The van der Waals surface area contributed by atoms with E-state index in [0.29, 0.717) is 13.0 Å². The van der Waals surface area contributed by atoms with Crippen LogP contribution in [0.4, 0.5) is 0 Å². The molecular weight excluding hydrogens is 264 g/mol. The second-order valence-corrected chi connectivity index (χ2v) is 6.46. The van der Waals surface area contributed by atoms with Crippen LogP contribution in [0.3, 0.4) is 0 Å². The van der Waals surface area contributed by atoms with Gasteiger partial charge in [-0.05, 0) is 48.8 Å². The Morgan fingerprint density at radius 2 is 1.95 bits per heavy atom. The summed E-state index contributed by atoms with van der Waals surface area (Å²) in [5, 5.41) is 0. The topological polar surface area (TPSA) is 64.3 Å². The molecule has 0 saturated carbocycles. The fourth-order valence-corrected chi connectivity index (χ4v) is 2.10. The highest BCUT2D eigenvalue weighted by molar-refractivity contribution is 5.75. The molecule has 1 rings (SSSR count). The lowest BCUT2D eigenvalue weighted by atomic mass is 9.86. The van der Waals surface area contributed by atoms with Crippen molar-refractivity contribution < 1.29 is 9.53 Å². The third kappa shape index (κ3) is 6.17. The molecule has 0 heterocycles. The van der Waals surface area contributed by atoms with Gasteiger partial charge in [0, 0.05) is 6.42 Å². The zero-order valence-electron chi connectivity index (χ0n) is 13.7. The van der Waals surface area contributed by atoms with Gasteiger partial charge in [-0.2, -0.15) is 0 Å². The van der Waals surface area contributed by atoms with Crippen LogP contribution in [0.5, 0.6) is 5.75 Å². The normalized spacial score (nSPS) is 11.3. The number of nitrogens with two attached hydrogens (primary N) is 1. The molecule has 0 unspecified atom stereocenters. The number of benzene rings is 1. The second kappa shape index (κ2) is 8.03. The Bertz CT molecular complexity index is 464. The van der Waals surface area contributed by atoms with Gasteiger partial charge in [0.15, 0.2) is 0 Å². The second-order valence-electron chi connectivity index (χ2n) is 6.46. The quantitative estimate of drug-likeness (QED) is 0.351. The Morgan fingerprint density at radius 1 is 1.24 bits per heavy atom. The van der Waals surface area contributed by atoms with Gasteiger partial charge in [0.2, 0.25) is 5.91 Å². The molecule has 4 nitrogen and oxygen atoms in total. The summed E-state index contributed by atoms with van der Waals surface area (Å²) < 4.78 is 5.81. The molecule has 3 N–H and O–H groups in total. The van der Waals surface area contributed by atoms with Crippen LogP contribution in [0.2, 0.25) is 0 Å². The van der Waals surface area contributed by atoms with E-state index in [1.54, 1.807) is 0 Å². The summed E-state index contributed by atoms with van der Waals surface area (Å²) in [5.41, 5.74) is 4.79. The zero-order valence-corrected chi connectivity index (χ0v) is 13.7. The molecule has 1 amide bonds. The maximum Gasteiger partial charge on any atom is 0.233 e. The highest BCUT2D eigenvalue weighted by Gasteiger charge is 2.14. The molecule has 0 aliphatic heterocycles. The monoisotopic (exact) mass is 292 g/mol. The molecule has 0 aromatic heterocycles. The Morgan fingerprint density at radius 3 is 2.52 bits per heavy atom. The minimum absolute atomic E-state index is 0.107. The summed E-state index contributed by atoms with van der Waals surface area (Å²) in [7, 11) is 0. The Labute approximate surface area is 128 Å². The van der Waals surface area contributed by atoms with Crippen LogP contribution >= 0.6 is 0 Å². The van der Waals surface area contributed by atoms with Gasteiger partial charge >= 0.3 is 0 Å². The molecule has 0 atom stereocenters. The molecule has 118 valence electrons.